The molecule has 5 rings (SSSR count). The van der Waals surface area contributed by atoms with E-state index in [-0.39, 0.29) is 31.4 Å². The molecule has 0 aliphatic carbocycles. The molecule has 3 saturated heterocycles. The molecule has 4 aliphatic heterocycles. The fraction of sp³-hybridized carbons (Fsp3) is 0.524. The van der Waals surface area contributed by atoms with Crippen LogP contribution in [0.5, 0.6) is 0 Å². The number of carbonyl (C=O) groups excluding carboxylic acids is 4. The second kappa shape index (κ2) is 7.29. The third kappa shape index (κ3) is 2.98. The van der Waals surface area contributed by atoms with E-state index < -0.39 is 41.1 Å². The highest BCUT2D eigenvalue weighted by atomic mass is 35.5. The molecular weight excluding hydrogens is 424 g/mol. The van der Waals surface area contributed by atoms with Crippen molar-refractivity contribution in [3.05, 3.63) is 28.8 Å². The Bertz CT molecular complexity index is 994. The lowest BCUT2D eigenvalue weighted by Gasteiger charge is -2.30. The highest BCUT2D eigenvalue weighted by Gasteiger charge is 2.70. The first kappa shape index (κ1) is 20.4. The zero-order chi connectivity index (χ0) is 21.9. The quantitative estimate of drug-likeness (QED) is 0.565. The third-order valence-electron chi connectivity index (χ3n) is 6.88. The van der Waals surface area contributed by atoms with Gasteiger partial charge in [0, 0.05) is 35.3 Å². The number of benzene rings is 1. The first-order chi connectivity index (χ1) is 14.8. The number of nitrogens with zero attached hydrogens (tertiary/aromatic N) is 1. The monoisotopic (exact) mass is 446 g/mol. The zero-order valence-electron chi connectivity index (χ0n) is 16.7. The minimum Gasteiger partial charge on any atom is -0.376 e. The summed E-state index contributed by atoms with van der Waals surface area (Å²) < 4.78 is 5.63. The van der Waals surface area contributed by atoms with Crippen LogP contribution >= 0.6 is 11.6 Å². The van der Waals surface area contributed by atoms with E-state index in [9.17, 15) is 19.2 Å². The van der Waals surface area contributed by atoms with Crippen LogP contribution in [0.25, 0.3) is 0 Å². The number of carbonyl (C=O) groups is 4. The SMILES string of the molecule is NC(=O)CC[C@@H]1N[C@]2(C(=O)Nc3ccc(Cl)cc32)[C@@H]2C(=O)N(C[C@H]3CCCO3)C(=O)[C@@H]12. The van der Waals surface area contributed by atoms with E-state index in [4.69, 9.17) is 22.1 Å². The van der Waals surface area contributed by atoms with Crippen molar-refractivity contribution in [3.8, 4) is 0 Å². The molecule has 4 N–H and O–H groups in total. The van der Waals surface area contributed by atoms with E-state index in [1.807, 2.05) is 0 Å². The molecule has 4 amide bonds. The number of primary amides is 1. The number of amides is 4. The number of nitrogens with one attached hydrogen (secondary N) is 2. The molecule has 4 heterocycles. The average Bonchev–Trinajstić information content (AvgIpc) is 3.46. The van der Waals surface area contributed by atoms with Crippen LogP contribution in [0.1, 0.15) is 31.2 Å². The molecule has 0 radical (unpaired) electrons. The van der Waals surface area contributed by atoms with Crippen molar-refractivity contribution in [3.63, 3.8) is 0 Å². The molecule has 0 bridgehead atoms. The Kier molecular flexibility index (Phi) is 4.80. The molecule has 0 saturated carbocycles. The molecule has 3 fully saturated rings. The molecule has 4 aliphatic rings. The molecule has 5 atom stereocenters. The smallest absolute Gasteiger partial charge is 0.250 e. The number of hydrogen-bond donors (Lipinski definition) is 3. The Morgan fingerprint density at radius 3 is 2.81 bits per heavy atom. The van der Waals surface area contributed by atoms with Gasteiger partial charge in [-0.25, -0.2) is 0 Å². The van der Waals surface area contributed by atoms with Gasteiger partial charge < -0.3 is 15.8 Å². The number of fused-ring (bicyclic) bond motifs is 4. The summed E-state index contributed by atoms with van der Waals surface area (Å²) in [5, 5.41) is 6.49. The fourth-order valence-electron chi connectivity index (χ4n) is 5.55. The maximum atomic E-state index is 13.6. The minimum absolute atomic E-state index is 0.0359. The van der Waals surface area contributed by atoms with Gasteiger partial charge in [-0.05, 0) is 37.5 Å². The van der Waals surface area contributed by atoms with E-state index >= 15 is 0 Å². The number of nitrogens with two attached hydrogens (primary N) is 1. The van der Waals surface area contributed by atoms with E-state index in [1.165, 1.54) is 4.90 Å². The van der Waals surface area contributed by atoms with Gasteiger partial charge >= 0.3 is 0 Å². The van der Waals surface area contributed by atoms with E-state index in [0.717, 1.165) is 12.8 Å². The Morgan fingerprint density at radius 1 is 1.29 bits per heavy atom. The van der Waals surface area contributed by atoms with Crippen molar-refractivity contribution in [2.24, 2.45) is 17.6 Å². The van der Waals surface area contributed by atoms with Crippen LogP contribution in [0.15, 0.2) is 18.2 Å². The number of likely N-dealkylation sites (tertiary alicyclic amines) is 1. The summed E-state index contributed by atoms with van der Waals surface area (Å²) >= 11 is 6.21. The molecule has 1 aromatic carbocycles. The summed E-state index contributed by atoms with van der Waals surface area (Å²) in [6, 6.07) is 4.43. The first-order valence-corrected chi connectivity index (χ1v) is 10.8. The lowest BCUT2D eigenvalue weighted by molar-refractivity contribution is -0.144. The Balaban J connectivity index is 1.57. The maximum Gasteiger partial charge on any atom is 0.250 e. The number of hydrogen-bond acceptors (Lipinski definition) is 6. The second-order valence-electron chi connectivity index (χ2n) is 8.63. The summed E-state index contributed by atoms with van der Waals surface area (Å²) in [6.07, 6.45) is 1.75. The number of imide groups is 1. The lowest BCUT2D eigenvalue weighted by atomic mass is 9.76. The lowest BCUT2D eigenvalue weighted by Crippen LogP contribution is -2.53. The van der Waals surface area contributed by atoms with Gasteiger partial charge in [-0.1, -0.05) is 11.6 Å². The van der Waals surface area contributed by atoms with Crippen LogP contribution in [0.4, 0.5) is 5.69 Å². The Labute approximate surface area is 183 Å². The molecular formula is C21H23ClN4O5. The van der Waals surface area contributed by atoms with Gasteiger partial charge in [-0.3, -0.25) is 29.4 Å². The van der Waals surface area contributed by atoms with E-state index in [1.54, 1.807) is 18.2 Å². The maximum absolute atomic E-state index is 13.6. The van der Waals surface area contributed by atoms with Crippen LogP contribution in [-0.2, 0) is 29.5 Å². The molecule has 9 nitrogen and oxygen atoms in total. The number of ether oxygens (including phenoxy) is 1. The van der Waals surface area contributed by atoms with Gasteiger partial charge in [0.15, 0.2) is 0 Å². The predicted octanol–water partition coefficient (Wildman–Crippen LogP) is 0.505. The van der Waals surface area contributed by atoms with Gasteiger partial charge in [0.05, 0.1) is 24.5 Å². The molecule has 0 aromatic heterocycles. The third-order valence-corrected chi connectivity index (χ3v) is 7.12. The van der Waals surface area contributed by atoms with Crippen molar-refractivity contribution in [2.75, 3.05) is 18.5 Å². The van der Waals surface area contributed by atoms with E-state index in [0.29, 0.717) is 22.9 Å². The van der Waals surface area contributed by atoms with Crippen LogP contribution in [-0.4, -0.2) is 53.8 Å². The molecule has 0 unspecified atom stereocenters. The summed E-state index contributed by atoms with van der Waals surface area (Å²) in [6.45, 7) is 0.780. The highest BCUT2D eigenvalue weighted by Crippen LogP contribution is 2.54. The molecule has 10 heteroatoms. The van der Waals surface area contributed by atoms with Crippen molar-refractivity contribution in [1.29, 1.82) is 0 Å². The normalized spacial score (nSPS) is 33.8. The largest absolute Gasteiger partial charge is 0.376 e. The van der Waals surface area contributed by atoms with Gasteiger partial charge in [-0.2, -0.15) is 0 Å². The van der Waals surface area contributed by atoms with Crippen LogP contribution in [0, 0.1) is 11.8 Å². The molecule has 1 aromatic rings. The van der Waals surface area contributed by atoms with Crippen molar-refractivity contribution in [1.82, 2.24) is 10.2 Å². The zero-order valence-corrected chi connectivity index (χ0v) is 17.5. The van der Waals surface area contributed by atoms with Gasteiger partial charge in [0.2, 0.25) is 23.6 Å². The van der Waals surface area contributed by atoms with Gasteiger partial charge in [-0.15, -0.1) is 0 Å². The molecule has 1 spiro atoms. The van der Waals surface area contributed by atoms with E-state index in [2.05, 4.69) is 10.6 Å². The van der Waals surface area contributed by atoms with Crippen LogP contribution in [0.2, 0.25) is 5.02 Å². The molecule has 31 heavy (non-hydrogen) atoms. The average molecular weight is 447 g/mol. The molecule has 164 valence electrons. The summed E-state index contributed by atoms with van der Waals surface area (Å²) in [5.74, 6) is -3.36. The number of anilines is 1. The van der Waals surface area contributed by atoms with Crippen molar-refractivity contribution < 1.29 is 23.9 Å². The van der Waals surface area contributed by atoms with Gasteiger partial charge in [0.1, 0.15) is 5.54 Å². The van der Waals surface area contributed by atoms with Gasteiger partial charge in [0.25, 0.3) is 0 Å². The van der Waals surface area contributed by atoms with Crippen molar-refractivity contribution >= 4 is 40.9 Å². The topological polar surface area (TPSA) is 131 Å². The van der Waals surface area contributed by atoms with Crippen LogP contribution in [0.3, 0.4) is 0 Å². The highest BCUT2D eigenvalue weighted by molar-refractivity contribution is 6.31. The summed E-state index contributed by atoms with van der Waals surface area (Å²) in [7, 11) is 0. The summed E-state index contributed by atoms with van der Waals surface area (Å²) in [4.78, 5) is 52.9. The summed E-state index contributed by atoms with van der Waals surface area (Å²) in [5.41, 5.74) is 5.00. The number of rotatable bonds is 5. The standard InChI is InChI=1S/C21H23ClN4O5/c22-10-3-4-13-12(8-10)21(20(30)24-13)17-16(14(25-21)5-6-15(23)27)18(28)26(19(17)29)9-11-2-1-7-31-11/h3-4,8,11,14,16-17,25H,1-2,5-7,9H2,(H2,23,27)(H,24,30)/t11-,14+,16+,17+,21+/m1/s1. The second-order valence-corrected chi connectivity index (χ2v) is 9.07. The van der Waals surface area contributed by atoms with Crippen molar-refractivity contribution in [2.45, 2.75) is 43.4 Å². The fourth-order valence-corrected chi connectivity index (χ4v) is 5.72. The Hall–Kier alpha value is -2.49. The number of halogens is 1. The predicted molar refractivity (Wildman–Crippen MR) is 110 cm³/mol. The minimum atomic E-state index is -1.43. The Morgan fingerprint density at radius 2 is 2.10 bits per heavy atom. The first-order valence-electron chi connectivity index (χ1n) is 10.5. The van der Waals surface area contributed by atoms with Crippen LogP contribution < -0.4 is 16.4 Å².